The lowest BCUT2D eigenvalue weighted by Gasteiger charge is -2.39. The van der Waals surface area contributed by atoms with Crippen LogP contribution in [-0.4, -0.2) is 22.4 Å². The second-order valence-electron chi connectivity index (χ2n) is 4.22. The maximum Gasteiger partial charge on any atom is 0.0709 e. The van der Waals surface area contributed by atoms with Gasteiger partial charge in [0.05, 0.1) is 5.60 Å². The van der Waals surface area contributed by atoms with E-state index in [1.165, 1.54) is 0 Å². The van der Waals surface area contributed by atoms with Crippen LogP contribution in [0.3, 0.4) is 0 Å². The summed E-state index contributed by atoms with van der Waals surface area (Å²) in [7, 11) is 0. The predicted octanol–water partition coefficient (Wildman–Crippen LogP) is 0.776. The van der Waals surface area contributed by atoms with Crippen LogP contribution in [0.25, 0.3) is 0 Å². The SMILES string of the molecule is CC1CC1(O)[C@H]1CC[C@H]1CO. The summed E-state index contributed by atoms with van der Waals surface area (Å²) in [6.45, 7) is 2.35. The Balaban J connectivity index is 1.96. The molecule has 4 atom stereocenters. The Bertz CT molecular complexity index is 167. The van der Waals surface area contributed by atoms with Crippen molar-refractivity contribution in [3.63, 3.8) is 0 Å². The molecule has 0 amide bonds. The standard InChI is InChI=1S/C9H16O2/c1-6-4-9(6,11)8-3-2-7(8)5-10/h6-8,10-11H,2-5H2,1H3/t6?,7-,8-,9?/m0/s1. The normalized spacial score (nSPS) is 55.4. The fourth-order valence-corrected chi connectivity index (χ4v) is 2.39. The van der Waals surface area contributed by atoms with Gasteiger partial charge in [-0.15, -0.1) is 0 Å². The zero-order valence-corrected chi connectivity index (χ0v) is 6.95. The van der Waals surface area contributed by atoms with Gasteiger partial charge in [0.2, 0.25) is 0 Å². The van der Waals surface area contributed by atoms with Gasteiger partial charge in [0, 0.05) is 6.61 Å². The van der Waals surface area contributed by atoms with Gasteiger partial charge < -0.3 is 10.2 Å². The predicted molar refractivity (Wildman–Crippen MR) is 42.0 cm³/mol. The highest BCUT2D eigenvalue weighted by Gasteiger charge is 2.59. The van der Waals surface area contributed by atoms with E-state index in [0.29, 0.717) is 17.8 Å². The first-order valence-electron chi connectivity index (χ1n) is 4.51. The smallest absolute Gasteiger partial charge is 0.0709 e. The molecule has 2 aliphatic carbocycles. The topological polar surface area (TPSA) is 40.5 Å². The Morgan fingerprint density at radius 1 is 1.45 bits per heavy atom. The molecule has 0 heterocycles. The van der Waals surface area contributed by atoms with Crippen LogP contribution in [0.2, 0.25) is 0 Å². The van der Waals surface area contributed by atoms with E-state index in [0.717, 1.165) is 19.3 Å². The lowest BCUT2D eigenvalue weighted by atomic mass is 9.69. The van der Waals surface area contributed by atoms with Gasteiger partial charge in [-0.1, -0.05) is 6.92 Å². The summed E-state index contributed by atoms with van der Waals surface area (Å²) in [5.74, 6) is 1.27. The van der Waals surface area contributed by atoms with Crippen molar-refractivity contribution in [2.24, 2.45) is 17.8 Å². The number of hydrogen-bond acceptors (Lipinski definition) is 2. The summed E-state index contributed by atoms with van der Waals surface area (Å²) in [4.78, 5) is 0. The van der Waals surface area contributed by atoms with Crippen LogP contribution >= 0.6 is 0 Å². The lowest BCUT2D eigenvalue weighted by Crippen LogP contribution is -2.40. The maximum atomic E-state index is 9.91. The van der Waals surface area contributed by atoms with Crippen molar-refractivity contribution < 1.29 is 10.2 Å². The molecule has 0 aliphatic heterocycles. The Kier molecular flexibility index (Phi) is 1.52. The summed E-state index contributed by atoms with van der Waals surface area (Å²) in [6.07, 6.45) is 3.18. The van der Waals surface area contributed by atoms with E-state index in [9.17, 15) is 5.11 Å². The molecule has 2 unspecified atom stereocenters. The molecule has 11 heavy (non-hydrogen) atoms. The molecule has 2 saturated carbocycles. The molecule has 2 heteroatoms. The minimum Gasteiger partial charge on any atom is -0.396 e. The molecule has 2 fully saturated rings. The Labute approximate surface area is 67.2 Å². The number of aliphatic hydroxyl groups excluding tert-OH is 1. The van der Waals surface area contributed by atoms with Gasteiger partial charge in [-0.05, 0) is 37.0 Å². The first-order chi connectivity index (χ1) is 5.18. The van der Waals surface area contributed by atoms with Crippen LogP contribution in [0.4, 0.5) is 0 Å². The van der Waals surface area contributed by atoms with Crippen LogP contribution in [-0.2, 0) is 0 Å². The summed E-state index contributed by atoms with van der Waals surface area (Å²) < 4.78 is 0. The van der Waals surface area contributed by atoms with E-state index in [4.69, 9.17) is 5.11 Å². The monoisotopic (exact) mass is 156 g/mol. The number of rotatable bonds is 2. The van der Waals surface area contributed by atoms with Gasteiger partial charge in [-0.2, -0.15) is 0 Å². The third-order valence-electron chi connectivity index (χ3n) is 3.62. The maximum absolute atomic E-state index is 9.91. The molecule has 64 valence electrons. The average molecular weight is 156 g/mol. The molecule has 0 bridgehead atoms. The highest BCUT2D eigenvalue weighted by atomic mass is 16.3. The molecule has 0 aromatic carbocycles. The lowest BCUT2D eigenvalue weighted by molar-refractivity contribution is -0.0375. The van der Waals surface area contributed by atoms with Gasteiger partial charge in [-0.25, -0.2) is 0 Å². The minimum atomic E-state index is -0.383. The average Bonchev–Trinajstić information content (AvgIpc) is 2.38. The van der Waals surface area contributed by atoms with Gasteiger partial charge in [0.25, 0.3) is 0 Å². The van der Waals surface area contributed by atoms with Gasteiger partial charge in [-0.3, -0.25) is 0 Å². The van der Waals surface area contributed by atoms with Gasteiger partial charge >= 0.3 is 0 Å². The van der Waals surface area contributed by atoms with Gasteiger partial charge in [0.15, 0.2) is 0 Å². The number of aliphatic hydroxyl groups is 2. The van der Waals surface area contributed by atoms with Crippen molar-refractivity contribution in [2.45, 2.75) is 31.8 Å². The van der Waals surface area contributed by atoms with Crippen LogP contribution in [0.5, 0.6) is 0 Å². The minimum absolute atomic E-state index is 0.264. The van der Waals surface area contributed by atoms with Crippen molar-refractivity contribution in [1.29, 1.82) is 0 Å². The highest BCUT2D eigenvalue weighted by Crippen LogP contribution is 2.57. The van der Waals surface area contributed by atoms with E-state index in [-0.39, 0.29) is 12.2 Å². The fourth-order valence-electron chi connectivity index (χ4n) is 2.39. The Hall–Kier alpha value is -0.0800. The Morgan fingerprint density at radius 2 is 2.09 bits per heavy atom. The molecule has 0 aromatic rings. The molecule has 2 nitrogen and oxygen atoms in total. The van der Waals surface area contributed by atoms with Crippen LogP contribution in [0.1, 0.15) is 26.2 Å². The van der Waals surface area contributed by atoms with Crippen molar-refractivity contribution in [1.82, 2.24) is 0 Å². The van der Waals surface area contributed by atoms with E-state index >= 15 is 0 Å². The first kappa shape index (κ1) is 7.56. The molecule has 0 spiro atoms. The Morgan fingerprint density at radius 3 is 2.36 bits per heavy atom. The van der Waals surface area contributed by atoms with Crippen molar-refractivity contribution in [3.8, 4) is 0 Å². The molecule has 2 aliphatic rings. The van der Waals surface area contributed by atoms with E-state index in [2.05, 4.69) is 6.92 Å². The van der Waals surface area contributed by atoms with E-state index in [1.807, 2.05) is 0 Å². The van der Waals surface area contributed by atoms with Crippen LogP contribution in [0, 0.1) is 17.8 Å². The number of hydrogen-bond donors (Lipinski definition) is 2. The second kappa shape index (κ2) is 2.20. The molecule has 2 N–H and O–H groups in total. The largest absolute Gasteiger partial charge is 0.396 e. The second-order valence-corrected chi connectivity index (χ2v) is 4.22. The van der Waals surface area contributed by atoms with Crippen molar-refractivity contribution in [3.05, 3.63) is 0 Å². The third-order valence-corrected chi connectivity index (χ3v) is 3.62. The first-order valence-corrected chi connectivity index (χ1v) is 4.51. The van der Waals surface area contributed by atoms with E-state index < -0.39 is 0 Å². The van der Waals surface area contributed by atoms with Gasteiger partial charge in [0.1, 0.15) is 0 Å². The molecule has 2 rings (SSSR count). The van der Waals surface area contributed by atoms with Crippen molar-refractivity contribution in [2.75, 3.05) is 6.61 Å². The summed E-state index contributed by atoms with van der Waals surface area (Å²) in [5, 5.41) is 18.8. The zero-order valence-electron chi connectivity index (χ0n) is 6.95. The zero-order chi connectivity index (χ0) is 8.06. The molecule has 0 saturated heterocycles. The molecule has 0 aromatic heterocycles. The fraction of sp³-hybridized carbons (Fsp3) is 1.00. The molecule has 0 radical (unpaired) electrons. The summed E-state index contributed by atoms with van der Waals surface area (Å²) >= 11 is 0. The summed E-state index contributed by atoms with van der Waals surface area (Å²) in [6, 6.07) is 0. The van der Waals surface area contributed by atoms with E-state index in [1.54, 1.807) is 0 Å². The molecular formula is C9H16O2. The van der Waals surface area contributed by atoms with Crippen LogP contribution < -0.4 is 0 Å². The summed E-state index contributed by atoms with van der Waals surface area (Å²) in [5.41, 5.74) is -0.383. The highest BCUT2D eigenvalue weighted by molar-refractivity contribution is 5.09. The third kappa shape index (κ3) is 0.926. The quantitative estimate of drug-likeness (QED) is 0.620. The van der Waals surface area contributed by atoms with Crippen molar-refractivity contribution >= 4 is 0 Å². The van der Waals surface area contributed by atoms with Crippen LogP contribution in [0.15, 0.2) is 0 Å². The molecular weight excluding hydrogens is 140 g/mol.